The van der Waals surface area contributed by atoms with Crippen molar-refractivity contribution in [1.82, 2.24) is 10.2 Å². The lowest BCUT2D eigenvalue weighted by atomic mass is 9.96. The maximum atomic E-state index is 12.4. The summed E-state index contributed by atoms with van der Waals surface area (Å²) < 4.78 is 5.47. The Kier molecular flexibility index (Phi) is 3.89. The molecule has 4 heteroatoms. The first-order valence-corrected chi connectivity index (χ1v) is 7.81. The number of rotatable bonds is 3. The van der Waals surface area contributed by atoms with Gasteiger partial charge in [0, 0.05) is 11.6 Å². The van der Waals surface area contributed by atoms with Gasteiger partial charge in [0.15, 0.2) is 0 Å². The molecule has 1 aromatic carbocycles. The lowest BCUT2D eigenvalue weighted by Crippen LogP contribution is -2.41. The second kappa shape index (κ2) is 5.68. The van der Waals surface area contributed by atoms with E-state index in [-0.39, 0.29) is 12.1 Å². The van der Waals surface area contributed by atoms with Crippen LogP contribution in [0.3, 0.4) is 0 Å². The highest BCUT2D eigenvalue weighted by Crippen LogP contribution is 2.40. The van der Waals surface area contributed by atoms with E-state index in [2.05, 4.69) is 24.1 Å². The molecule has 1 saturated heterocycles. The summed E-state index contributed by atoms with van der Waals surface area (Å²) in [5.74, 6) is 2.28. The number of carbonyl (C=O) groups excluding carboxylic acids is 1. The van der Waals surface area contributed by atoms with Gasteiger partial charge in [-0.15, -0.1) is 0 Å². The smallest absolute Gasteiger partial charge is 0.238 e. The van der Waals surface area contributed by atoms with Gasteiger partial charge in [-0.3, -0.25) is 10.1 Å². The van der Waals surface area contributed by atoms with Crippen molar-refractivity contribution in [2.24, 2.45) is 11.8 Å². The van der Waals surface area contributed by atoms with E-state index in [1.54, 1.807) is 7.11 Å². The second-order valence-corrected chi connectivity index (χ2v) is 6.31. The number of methoxy groups -OCH3 is 1. The zero-order valence-corrected chi connectivity index (χ0v) is 13.0. The maximum Gasteiger partial charge on any atom is 0.238 e. The highest BCUT2D eigenvalue weighted by molar-refractivity contribution is 5.81. The van der Waals surface area contributed by atoms with Crippen LogP contribution in [0.25, 0.3) is 0 Å². The van der Waals surface area contributed by atoms with E-state index in [0.717, 1.165) is 17.7 Å². The number of para-hydroxylation sites is 1. The summed E-state index contributed by atoms with van der Waals surface area (Å²) in [6.45, 7) is 4.98. The van der Waals surface area contributed by atoms with Gasteiger partial charge in [-0.2, -0.15) is 0 Å². The monoisotopic (exact) mass is 288 g/mol. The van der Waals surface area contributed by atoms with Crippen LogP contribution in [0.15, 0.2) is 24.3 Å². The Morgan fingerprint density at radius 2 is 2.00 bits per heavy atom. The summed E-state index contributed by atoms with van der Waals surface area (Å²) in [5.41, 5.74) is 1.05. The van der Waals surface area contributed by atoms with Crippen molar-refractivity contribution < 1.29 is 9.53 Å². The van der Waals surface area contributed by atoms with Crippen LogP contribution in [0.2, 0.25) is 0 Å². The number of amides is 1. The third kappa shape index (κ3) is 2.42. The van der Waals surface area contributed by atoms with Crippen molar-refractivity contribution in [2.45, 2.75) is 38.9 Å². The number of hydrogen-bond donors (Lipinski definition) is 1. The summed E-state index contributed by atoms with van der Waals surface area (Å²) in [4.78, 5) is 14.5. The highest BCUT2D eigenvalue weighted by atomic mass is 16.5. The number of nitrogens with one attached hydrogen (secondary N) is 1. The van der Waals surface area contributed by atoms with Crippen LogP contribution in [0.5, 0.6) is 5.75 Å². The molecule has 21 heavy (non-hydrogen) atoms. The summed E-state index contributed by atoms with van der Waals surface area (Å²) in [6.07, 6.45) is 2.24. The fraction of sp³-hybridized carbons (Fsp3) is 0.588. The number of hydrogen-bond acceptors (Lipinski definition) is 3. The summed E-state index contributed by atoms with van der Waals surface area (Å²) in [5, 5.41) is 3.36. The molecule has 0 aromatic heterocycles. The average molecular weight is 288 g/mol. The van der Waals surface area contributed by atoms with Crippen molar-refractivity contribution in [3.05, 3.63) is 29.8 Å². The summed E-state index contributed by atoms with van der Waals surface area (Å²) >= 11 is 0. The van der Waals surface area contributed by atoms with Crippen LogP contribution in [0.4, 0.5) is 0 Å². The second-order valence-electron chi connectivity index (χ2n) is 6.31. The van der Waals surface area contributed by atoms with Gasteiger partial charge in [-0.25, -0.2) is 0 Å². The van der Waals surface area contributed by atoms with E-state index >= 15 is 0 Å². The molecule has 1 aliphatic carbocycles. The number of benzene rings is 1. The van der Waals surface area contributed by atoms with E-state index in [0.29, 0.717) is 24.4 Å². The van der Waals surface area contributed by atoms with E-state index in [1.165, 1.54) is 6.42 Å². The van der Waals surface area contributed by atoms with Crippen molar-refractivity contribution in [1.29, 1.82) is 0 Å². The Labute approximate surface area is 126 Å². The molecular weight excluding hydrogens is 264 g/mol. The lowest BCUT2D eigenvalue weighted by Gasteiger charge is -2.34. The van der Waals surface area contributed by atoms with Gasteiger partial charge in [0.1, 0.15) is 11.9 Å². The first kappa shape index (κ1) is 14.4. The van der Waals surface area contributed by atoms with Gasteiger partial charge < -0.3 is 9.64 Å². The van der Waals surface area contributed by atoms with Crippen molar-refractivity contribution >= 4 is 5.91 Å². The van der Waals surface area contributed by atoms with Gasteiger partial charge in [0.2, 0.25) is 5.91 Å². The minimum Gasteiger partial charge on any atom is -0.496 e. The molecule has 4 unspecified atom stereocenters. The van der Waals surface area contributed by atoms with E-state index in [9.17, 15) is 4.79 Å². The van der Waals surface area contributed by atoms with Crippen LogP contribution in [0, 0.1) is 11.8 Å². The van der Waals surface area contributed by atoms with Crippen molar-refractivity contribution in [3.8, 4) is 5.75 Å². The zero-order valence-electron chi connectivity index (χ0n) is 13.0. The lowest BCUT2D eigenvalue weighted by molar-refractivity contribution is -0.131. The Morgan fingerprint density at radius 1 is 1.24 bits per heavy atom. The molecule has 1 amide bonds. The Hall–Kier alpha value is -1.55. The Balaban J connectivity index is 1.93. The van der Waals surface area contributed by atoms with Gasteiger partial charge in [0.05, 0.1) is 13.7 Å². The van der Waals surface area contributed by atoms with Crippen LogP contribution in [-0.2, 0) is 4.79 Å². The first-order chi connectivity index (χ1) is 10.1. The predicted octanol–water partition coefficient (Wildman–Crippen LogP) is 2.56. The van der Waals surface area contributed by atoms with Gasteiger partial charge >= 0.3 is 0 Å². The zero-order chi connectivity index (χ0) is 15.0. The first-order valence-electron chi connectivity index (χ1n) is 7.81. The molecule has 0 radical (unpaired) electrons. The summed E-state index contributed by atoms with van der Waals surface area (Å²) in [7, 11) is 1.68. The molecule has 2 fully saturated rings. The molecule has 3 rings (SSSR count). The molecule has 4 atom stereocenters. The number of carbonyl (C=O) groups is 1. The topological polar surface area (TPSA) is 41.6 Å². The standard InChI is InChI=1S/C17H24N2O2/c1-11-8-9-14(12(11)2)19-16(20)10-18-17(19)13-6-4-5-7-15(13)21-3/h4-7,11-12,14,17-18H,8-10H2,1-3H3. The highest BCUT2D eigenvalue weighted by Gasteiger charge is 2.43. The van der Waals surface area contributed by atoms with Gasteiger partial charge in [0.25, 0.3) is 0 Å². The van der Waals surface area contributed by atoms with E-state index in [4.69, 9.17) is 4.74 Å². The summed E-state index contributed by atoms with van der Waals surface area (Å²) in [6, 6.07) is 8.30. The fourth-order valence-corrected chi connectivity index (χ4v) is 3.78. The van der Waals surface area contributed by atoms with Crippen molar-refractivity contribution in [2.75, 3.05) is 13.7 Å². The quantitative estimate of drug-likeness (QED) is 0.929. The van der Waals surface area contributed by atoms with Gasteiger partial charge in [-0.1, -0.05) is 32.0 Å². The van der Waals surface area contributed by atoms with Gasteiger partial charge in [-0.05, 0) is 30.7 Å². The number of ether oxygens (including phenoxy) is 1. The third-order valence-corrected chi connectivity index (χ3v) is 5.23. The molecule has 0 bridgehead atoms. The number of nitrogens with zero attached hydrogens (tertiary/aromatic N) is 1. The molecule has 1 aromatic rings. The molecule has 114 valence electrons. The fourth-order valence-electron chi connectivity index (χ4n) is 3.78. The van der Waals surface area contributed by atoms with Crippen LogP contribution < -0.4 is 10.1 Å². The predicted molar refractivity (Wildman–Crippen MR) is 81.9 cm³/mol. The molecule has 4 nitrogen and oxygen atoms in total. The molecular formula is C17H24N2O2. The van der Waals surface area contributed by atoms with Crippen molar-refractivity contribution in [3.63, 3.8) is 0 Å². The Morgan fingerprint density at radius 3 is 2.67 bits per heavy atom. The largest absolute Gasteiger partial charge is 0.496 e. The minimum absolute atomic E-state index is 0.0635. The molecule has 2 aliphatic rings. The normalized spacial score (nSPS) is 32.7. The SMILES string of the molecule is COc1ccccc1C1NCC(=O)N1C1CCC(C)C1C. The van der Waals surface area contributed by atoms with Crippen LogP contribution in [-0.4, -0.2) is 30.5 Å². The van der Waals surface area contributed by atoms with E-state index in [1.807, 2.05) is 24.3 Å². The minimum atomic E-state index is -0.0635. The maximum absolute atomic E-state index is 12.4. The third-order valence-electron chi connectivity index (χ3n) is 5.23. The average Bonchev–Trinajstić information content (AvgIpc) is 3.03. The molecule has 1 N–H and O–H groups in total. The molecule has 1 saturated carbocycles. The molecule has 1 aliphatic heterocycles. The van der Waals surface area contributed by atoms with Crippen LogP contribution in [0.1, 0.15) is 38.4 Å². The van der Waals surface area contributed by atoms with E-state index < -0.39 is 0 Å². The Bertz CT molecular complexity index is 531. The molecule has 0 spiro atoms. The molecule has 1 heterocycles. The van der Waals surface area contributed by atoms with Crippen LogP contribution >= 0.6 is 0 Å².